The molecule has 0 atom stereocenters. The largest absolute Gasteiger partial charge is 0.467 e. The van der Waals surface area contributed by atoms with E-state index < -0.39 is 0 Å². The lowest BCUT2D eigenvalue weighted by molar-refractivity contribution is -0.0171. The van der Waals surface area contributed by atoms with Crippen LogP contribution in [0.2, 0.25) is 0 Å². The van der Waals surface area contributed by atoms with E-state index in [9.17, 15) is 13.6 Å². The van der Waals surface area contributed by atoms with Gasteiger partial charge in [-0.15, -0.1) is 11.3 Å². The summed E-state index contributed by atoms with van der Waals surface area (Å²) in [5.74, 6) is 0.301. The SMILES string of the molecule is O=c1[nH]c(SCc2cc(F)cc3c2OCOC3)nc2scc(-c3ccc(F)cc3)c12. The summed E-state index contributed by atoms with van der Waals surface area (Å²) in [6, 6.07) is 8.81. The highest BCUT2D eigenvalue weighted by atomic mass is 32.2. The van der Waals surface area contributed by atoms with Gasteiger partial charge in [-0.1, -0.05) is 23.9 Å². The molecule has 4 aromatic rings. The summed E-state index contributed by atoms with van der Waals surface area (Å²) in [6.07, 6.45) is 0. The molecule has 0 saturated carbocycles. The normalized spacial score (nSPS) is 13.3. The number of nitrogens with zero attached hydrogens (tertiary/aromatic N) is 1. The van der Waals surface area contributed by atoms with E-state index in [-0.39, 0.29) is 24.0 Å². The van der Waals surface area contributed by atoms with Gasteiger partial charge in [-0.05, 0) is 29.8 Å². The third kappa shape index (κ3) is 3.60. The van der Waals surface area contributed by atoms with Crippen molar-refractivity contribution in [3.05, 3.63) is 74.9 Å². The second-order valence-electron chi connectivity index (χ2n) is 6.66. The average Bonchev–Trinajstić information content (AvgIpc) is 3.17. The van der Waals surface area contributed by atoms with Gasteiger partial charge in [0.15, 0.2) is 11.9 Å². The summed E-state index contributed by atoms with van der Waals surface area (Å²) in [7, 11) is 0. The first-order chi connectivity index (χ1) is 14.6. The zero-order valence-electron chi connectivity index (χ0n) is 15.4. The number of benzene rings is 2. The zero-order chi connectivity index (χ0) is 20.7. The van der Waals surface area contributed by atoms with E-state index in [1.807, 2.05) is 5.38 Å². The Labute approximate surface area is 177 Å². The molecule has 0 aliphatic carbocycles. The lowest BCUT2D eigenvalue weighted by Crippen LogP contribution is -2.13. The van der Waals surface area contributed by atoms with Crippen LogP contribution in [0.4, 0.5) is 8.78 Å². The minimum Gasteiger partial charge on any atom is -0.467 e. The average molecular weight is 444 g/mol. The Morgan fingerprint density at radius 3 is 2.83 bits per heavy atom. The van der Waals surface area contributed by atoms with Gasteiger partial charge in [0.05, 0.1) is 12.0 Å². The van der Waals surface area contributed by atoms with Crippen LogP contribution in [0, 0.1) is 11.6 Å². The van der Waals surface area contributed by atoms with Crippen molar-refractivity contribution in [1.82, 2.24) is 9.97 Å². The van der Waals surface area contributed by atoms with Crippen molar-refractivity contribution < 1.29 is 18.3 Å². The molecule has 1 aliphatic rings. The van der Waals surface area contributed by atoms with Gasteiger partial charge in [0.2, 0.25) is 0 Å². The van der Waals surface area contributed by atoms with E-state index in [2.05, 4.69) is 9.97 Å². The quantitative estimate of drug-likeness (QED) is 0.351. The molecule has 3 heterocycles. The van der Waals surface area contributed by atoms with Gasteiger partial charge in [0.25, 0.3) is 5.56 Å². The molecule has 0 radical (unpaired) electrons. The van der Waals surface area contributed by atoms with Gasteiger partial charge in [0.1, 0.15) is 22.2 Å². The predicted molar refractivity (Wildman–Crippen MR) is 112 cm³/mol. The standard InChI is InChI=1S/C21H14F2N2O3S2/c22-14-3-1-11(2-4-14)16-9-29-20-17(16)19(26)24-21(25-20)30-8-13-6-15(23)5-12-7-27-10-28-18(12)13/h1-6,9H,7-8,10H2,(H,24,25,26). The molecular weight excluding hydrogens is 430 g/mol. The molecular formula is C21H14F2N2O3S2. The summed E-state index contributed by atoms with van der Waals surface area (Å²) in [6.45, 7) is 0.422. The van der Waals surface area contributed by atoms with Crippen molar-refractivity contribution in [2.75, 3.05) is 6.79 Å². The molecule has 0 saturated heterocycles. The number of thiophene rings is 1. The number of H-pyrrole nitrogens is 1. The number of nitrogens with one attached hydrogen (secondary N) is 1. The molecule has 1 N–H and O–H groups in total. The van der Waals surface area contributed by atoms with Gasteiger partial charge >= 0.3 is 0 Å². The molecule has 0 unspecified atom stereocenters. The first kappa shape index (κ1) is 19.2. The third-order valence-electron chi connectivity index (χ3n) is 4.69. The van der Waals surface area contributed by atoms with Crippen LogP contribution in [0.1, 0.15) is 11.1 Å². The summed E-state index contributed by atoms with van der Waals surface area (Å²) in [5, 5.41) is 2.75. The molecule has 30 heavy (non-hydrogen) atoms. The summed E-state index contributed by atoms with van der Waals surface area (Å²) >= 11 is 2.64. The van der Waals surface area contributed by atoms with Crippen LogP contribution < -0.4 is 10.3 Å². The Bertz CT molecular complexity index is 1300. The minimum absolute atomic E-state index is 0.124. The van der Waals surface area contributed by atoms with Gasteiger partial charge in [-0.25, -0.2) is 13.8 Å². The van der Waals surface area contributed by atoms with Gasteiger partial charge in [-0.3, -0.25) is 4.79 Å². The summed E-state index contributed by atoms with van der Waals surface area (Å²) in [5.41, 5.74) is 2.54. The Morgan fingerprint density at radius 2 is 2.00 bits per heavy atom. The molecule has 5 nitrogen and oxygen atoms in total. The number of fused-ring (bicyclic) bond motifs is 2. The zero-order valence-corrected chi connectivity index (χ0v) is 17.0. The van der Waals surface area contributed by atoms with Gasteiger partial charge in [0, 0.05) is 27.8 Å². The van der Waals surface area contributed by atoms with Crippen molar-refractivity contribution in [3.63, 3.8) is 0 Å². The van der Waals surface area contributed by atoms with E-state index >= 15 is 0 Å². The minimum atomic E-state index is -0.363. The van der Waals surface area contributed by atoms with E-state index in [1.165, 1.54) is 47.4 Å². The molecule has 2 aromatic carbocycles. The van der Waals surface area contributed by atoms with Crippen LogP contribution in [0.5, 0.6) is 5.75 Å². The van der Waals surface area contributed by atoms with E-state index in [1.54, 1.807) is 12.1 Å². The molecule has 0 bridgehead atoms. The molecule has 0 spiro atoms. The fraction of sp³-hybridized carbons (Fsp3) is 0.143. The Hall–Kier alpha value is -2.75. The molecule has 1 aliphatic heterocycles. The number of aromatic nitrogens is 2. The molecule has 0 fully saturated rings. The Balaban J connectivity index is 1.45. The number of ether oxygens (including phenoxy) is 2. The fourth-order valence-electron chi connectivity index (χ4n) is 3.35. The maximum absolute atomic E-state index is 13.9. The summed E-state index contributed by atoms with van der Waals surface area (Å²) in [4.78, 5) is 20.7. The van der Waals surface area contributed by atoms with Crippen LogP contribution in [0.3, 0.4) is 0 Å². The van der Waals surface area contributed by atoms with Crippen molar-refractivity contribution in [3.8, 4) is 16.9 Å². The molecule has 2 aromatic heterocycles. The maximum Gasteiger partial charge on any atom is 0.260 e. The number of rotatable bonds is 4. The van der Waals surface area contributed by atoms with Crippen molar-refractivity contribution in [2.45, 2.75) is 17.5 Å². The predicted octanol–water partition coefficient (Wildman–Crippen LogP) is 5.09. The smallest absolute Gasteiger partial charge is 0.260 e. The monoisotopic (exact) mass is 444 g/mol. The van der Waals surface area contributed by atoms with Gasteiger partial charge < -0.3 is 14.5 Å². The third-order valence-corrected chi connectivity index (χ3v) is 6.49. The Morgan fingerprint density at radius 1 is 1.17 bits per heavy atom. The van der Waals surface area contributed by atoms with Crippen LogP contribution in [-0.4, -0.2) is 16.8 Å². The number of aromatic amines is 1. The topological polar surface area (TPSA) is 64.2 Å². The maximum atomic E-state index is 13.9. The number of hydrogen-bond donors (Lipinski definition) is 1. The fourth-order valence-corrected chi connectivity index (χ4v) is 5.18. The highest BCUT2D eigenvalue weighted by molar-refractivity contribution is 7.98. The molecule has 0 amide bonds. The van der Waals surface area contributed by atoms with Crippen LogP contribution in [0.25, 0.3) is 21.3 Å². The van der Waals surface area contributed by atoms with Crippen molar-refractivity contribution in [1.29, 1.82) is 0 Å². The van der Waals surface area contributed by atoms with Crippen LogP contribution in [-0.2, 0) is 17.1 Å². The highest BCUT2D eigenvalue weighted by Gasteiger charge is 2.18. The number of halogens is 2. The number of thioether (sulfide) groups is 1. The first-order valence-electron chi connectivity index (χ1n) is 9.00. The van der Waals surface area contributed by atoms with Crippen LogP contribution in [0.15, 0.2) is 51.7 Å². The van der Waals surface area contributed by atoms with E-state index in [0.29, 0.717) is 50.2 Å². The second-order valence-corrected chi connectivity index (χ2v) is 8.48. The first-order valence-corrected chi connectivity index (χ1v) is 10.9. The van der Waals surface area contributed by atoms with Crippen molar-refractivity contribution >= 4 is 33.3 Å². The van der Waals surface area contributed by atoms with Gasteiger partial charge in [-0.2, -0.15) is 0 Å². The Kier molecular flexibility index (Phi) is 5.01. The molecule has 5 rings (SSSR count). The van der Waals surface area contributed by atoms with E-state index in [0.717, 1.165) is 5.56 Å². The molecule has 152 valence electrons. The van der Waals surface area contributed by atoms with Crippen molar-refractivity contribution in [2.24, 2.45) is 0 Å². The summed E-state index contributed by atoms with van der Waals surface area (Å²) < 4.78 is 37.9. The second kappa shape index (κ2) is 7.82. The van der Waals surface area contributed by atoms with Crippen LogP contribution >= 0.6 is 23.1 Å². The van der Waals surface area contributed by atoms with E-state index in [4.69, 9.17) is 9.47 Å². The highest BCUT2D eigenvalue weighted by Crippen LogP contribution is 2.35. The lowest BCUT2D eigenvalue weighted by Gasteiger charge is -2.20. The lowest BCUT2D eigenvalue weighted by atomic mass is 10.1. The molecule has 9 heteroatoms. The number of hydrogen-bond acceptors (Lipinski definition) is 6.